The van der Waals surface area contributed by atoms with Crippen LogP contribution in [0.1, 0.15) is 30.4 Å². The van der Waals surface area contributed by atoms with E-state index in [1.165, 1.54) is 0 Å². The van der Waals surface area contributed by atoms with Crippen LogP contribution in [0.3, 0.4) is 0 Å². The largest absolute Gasteiger partial charge is 0.344 e. The molecule has 1 unspecified atom stereocenters. The van der Waals surface area contributed by atoms with Gasteiger partial charge in [-0.2, -0.15) is 0 Å². The first-order chi connectivity index (χ1) is 12.0. The van der Waals surface area contributed by atoms with E-state index in [0.717, 1.165) is 17.5 Å². The fourth-order valence-electron chi connectivity index (χ4n) is 3.49. The Hall–Kier alpha value is -2.37. The Labute approximate surface area is 148 Å². The van der Waals surface area contributed by atoms with Crippen molar-refractivity contribution in [3.63, 3.8) is 0 Å². The number of carbonyl (C=O) groups is 3. The molecule has 0 saturated carbocycles. The van der Waals surface area contributed by atoms with Crippen LogP contribution in [0.5, 0.6) is 0 Å². The summed E-state index contributed by atoms with van der Waals surface area (Å²) in [6.07, 6.45) is 2.17. The molecular weight excluding hydrogens is 318 g/mol. The summed E-state index contributed by atoms with van der Waals surface area (Å²) in [4.78, 5) is 40.1. The van der Waals surface area contributed by atoms with Gasteiger partial charge in [0.2, 0.25) is 17.7 Å². The third kappa shape index (κ3) is 4.18. The number of rotatable bonds is 3. The van der Waals surface area contributed by atoms with Crippen molar-refractivity contribution in [3.8, 4) is 0 Å². The third-order valence-corrected chi connectivity index (χ3v) is 5.06. The van der Waals surface area contributed by atoms with Crippen LogP contribution in [-0.4, -0.2) is 59.7 Å². The van der Waals surface area contributed by atoms with Gasteiger partial charge in [0.05, 0.1) is 6.42 Å². The van der Waals surface area contributed by atoms with Crippen molar-refractivity contribution in [2.45, 2.75) is 38.6 Å². The Morgan fingerprint density at radius 3 is 2.56 bits per heavy atom. The van der Waals surface area contributed by atoms with Gasteiger partial charge in [-0.15, -0.1) is 0 Å². The van der Waals surface area contributed by atoms with E-state index in [1.54, 1.807) is 4.90 Å². The van der Waals surface area contributed by atoms with Crippen molar-refractivity contribution in [1.82, 2.24) is 15.1 Å². The summed E-state index contributed by atoms with van der Waals surface area (Å²) in [5.41, 5.74) is 2.18. The van der Waals surface area contributed by atoms with Gasteiger partial charge in [0, 0.05) is 32.6 Å². The second-order valence-electron chi connectivity index (χ2n) is 6.82. The summed E-state index contributed by atoms with van der Waals surface area (Å²) in [7, 11) is 0. The van der Waals surface area contributed by atoms with Crippen molar-refractivity contribution in [2.75, 3.05) is 26.2 Å². The molecule has 0 radical (unpaired) electrons. The SMILES string of the molecule is Cc1ccccc1CC(=O)N1CCCN(C(=O)C2CCC(=O)N2)CC1. The van der Waals surface area contributed by atoms with Gasteiger partial charge in [0.15, 0.2) is 0 Å². The fraction of sp³-hybridized carbons (Fsp3) is 0.526. The highest BCUT2D eigenvalue weighted by atomic mass is 16.2. The molecule has 2 aliphatic heterocycles. The van der Waals surface area contributed by atoms with E-state index >= 15 is 0 Å². The predicted octanol–water partition coefficient (Wildman–Crippen LogP) is 0.877. The molecule has 3 amide bonds. The molecule has 2 saturated heterocycles. The molecule has 3 rings (SSSR count). The molecule has 0 aliphatic carbocycles. The number of amides is 3. The Bertz CT molecular complexity index is 674. The molecule has 2 fully saturated rings. The topological polar surface area (TPSA) is 69.7 Å². The molecule has 1 aromatic rings. The first-order valence-corrected chi connectivity index (χ1v) is 8.95. The molecule has 0 aromatic heterocycles. The van der Waals surface area contributed by atoms with Gasteiger partial charge in [-0.1, -0.05) is 24.3 Å². The van der Waals surface area contributed by atoms with Crippen LogP contribution in [0, 0.1) is 6.92 Å². The summed E-state index contributed by atoms with van der Waals surface area (Å²) in [6, 6.07) is 7.54. The van der Waals surface area contributed by atoms with Gasteiger partial charge in [-0.25, -0.2) is 0 Å². The van der Waals surface area contributed by atoms with Gasteiger partial charge in [-0.05, 0) is 30.9 Å². The zero-order valence-corrected chi connectivity index (χ0v) is 14.7. The minimum absolute atomic E-state index is 0.0148. The van der Waals surface area contributed by atoms with Gasteiger partial charge in [-0.3, -0.25) is 14.4 Å². The highest BCUT2D eigenvalue weighted by Crippen LogP contribution is 2.14. The van der Waals surface area contributed by atoms with E-state index in [-0.39, 0.29) is 23.8 Å². The fourth-order valence-corrected chi connectivity index (χ4v) is 3.49. The van der Waals surface area contributed by atoms with Crippen LogP contribution >= 0.6 is 0 Å². The summed E-state index contributed by atoms with van der Waals surface area (Å²) in [6.45, 7) is 4.41. The average Bonchev–Trinajstić information content (AvgIpc) is 2.89. The maximum Gasteiger partial charge on any atom is 0.245 e. The second-order valence-corrected chi connectivity index (χ2v) is 6.82. The van der Waals surface area contributed by atoms with Crippen molar-refractivity contribution in [2.24, 2.45) is 0 Å². The van der Waals surface area contributed by atoms with Gasteiger partial charge in [0.1, 0.15) is 6.04 Å². The highest BCUT2D eigenvalue weighted by molar-refractivity contribution is 5.90. The summed E-state index contributed by atoms with van der Waals surface area (Å²) >= 11 is 0. The second kappa shape index (κ2) is 7.68. The van der Waals surface area contributed by atoms with E-state index < -0.39 is 0 Å². The van der Waals surface area contributed by atoms with Crippen LogP contribution in [0.4, 0.5) is 0 Å². The standard InChI is InChI=1S/C19H25N3O3/c1-14-5-2-3-6-15(14)13-18(24)21-9-4-10-22(12-11-21)19(25)16-7-8-17(23)20-16/h2-3,5-6,16H,4,7-13H2,1H3,(H,20,23). The number of hydrogen-bond donors (Lipinski definition) is 1. The maximum absolute atomic E-state index is 12.6. The van der Waals surface area contributed by atoms with E-state index in [0.29, 0.717) is 45.4 Å². The average molecular weight is 343 g/mol. The lowest BCUT2D eigenvalue weighted by molar-refractivity contribution is -0.135. The predicted molar refractivity (Wildman–Crippen MR) is 93.8 cm³/mol. The molecule has 2 heterocycles. The molecule has 6 nitrogen and oxygen atoms in total. The smallest absolute Gasteiger partial charge is 0.245 e. The van der Waals surface area contributed by atoms with Gasteiger partial charge in [0.25, 0.3) is 0 Å². The zero-order valence-electron chi connectivity index (χ0n) is 14.7. The minimum Gasteiger partial charge on any atom is -0.344 e. The number of benzene rings is 1. The first kappa shape index (κ1) is 17.5. The van der Waals surface area contributed by atoms with Crippen LogP contribution in [0.15, 0.2) is 24.3 Å². The normalized spacial score (nSPS) is 21.0. The molecule has 0 spiro atoms. The van der Waals surface area contributed by atoms with Gasteiger partial charge >= 0.3 is 0 Å². The van der Waals surface area contributed by atoms with Crippen LogP contribution in [-0.2, 0) is 20.8 Å². The maximum atomic E-state index is 12.6. The molecule has 6 heteroatoms. The molecule has 1 N–H and O–H groups in total. The molecular formula is C19H25N3O3. The summed E-state index contributed by atoms with van der Waals surface area (Å²) < 4.78 is 0. The number of nitrogens with zero attached hydrogens (tertiary/aromatic N) is 2. The van der Waals surface area contributed by atoms with E-state index in [4.69, 9.17) is 0 Å². The van der Waals surface area contributed by atoms with E-state index in [9.17, 15) is 14.4 Å². The zero-order chi connectivity index (χ0) is 17.8. The first-order valence-electron chi connectivity index (χ1n) is 8.95. The van der Waals surface area contributed by atoms with Gasteiger partial charge < -0.3 is 15.1 Å². The molecule has 25 heavy (non-hydrogen) atoms. The lowest BCUT2D eigenvalue weighted by Gasteiger charge is -2.24. The summed E-state index contributed by atoms with van der Waals surface area (Å²) in [5, 5.41) is 2.73. The van der Waals surface area contributed by atoms with Crippen LogP contribution in [0.2, 0.25) is 0 Å². The van der Waals surface area contributed by atoms with E-state index in [1.807, 2.05) is 36.1 Å². The lowest BCUT2D eigenvalue weighted by Crippen LogP contribution is -2.46. The number of carbonyl (C=O) groups excluding carboxylic acids is 3. The molecule has 2 aliphatic rings. The molecule has 134 valence electrons. The van der Waals surface area contributed by atoms with Crippen LogP contribution in [0.25, 0.3) is 0 Å². The Balaban J connectivity index is 1.56. The number of nitrogens with one attached hydrogen (secondary N) is 1. The Kier molecular flexibility index (Phi) is 5.36. The molecule has 0 bridgehead atoms. The monoisotopic (exact) mass is 343 g/mol. The van der Waals surface area contributed by atoms with E-state index in [2.05, 4.69) is 5.32 Å². The quantitative estimate of drug-likeness (QED) is 0.886. The Morgan fingerprint density at radius 2 is 1.84 bits per heavy atom. The van der Waals surface area contributed by atoms with Crippen molar-refractivity contribution >= 4 is 17.7 Å². The van der Waals surface area contributed by atoms with Crippen LogP contribution < -0.4 is 5.32 Å². The minimum atomic E-state index is -0.387. The lowest BCUT2D eigenvalue weighted by atomic mass is 10.1. The molecule has 1 aromatic carbocycles. The Morgan fingerprint density at radius 1 is 1.12 bits per heavy atom. The molecule has 1 atom stereocenters. The van der Waals surface area contributed by atoms with Crippen molar-refractivity contribution in [3.05, 3.63) is 35.4 Å². The van der Waals surface area contributed by atoms with Crippen molar-refractivity contribution < 1.29 is 14.4 Å². The number of aryl methyl sites for hydroxylation is 1. The highest BCUT2D eigenvalue weighted by Gasteiger charge is 2.32. The third-order valence-electron chi connectivity index (χ3n) is 5.06. The number of hydrogen-bond acceptors (Lipinski definition) is 3. The summed E-state index contributed by atoms with van der Waals surface area (Å²) in [5.74, 6) is 0.0417. The van der Waals surface area contributed by atoms with Crippen molar-refractivity contribution in [1.29, 1.82) is 0 Å².